The summed E-state index contributed by atoms with van der Waals surface area (Å²) in [6, 6.07) is 0. The lowest BCUT2D eigenvalue weighted by molar-refractivity contribution is 0.946. The van der Waals surface area contributed by atoms with Crippen LogP contribution in [-0.4, -0.2) is 28.2 Å². The fraction of sp³-hybridized carbons (Fsp3) is 0.571. The first kappa shape index (κ1) is 9.66. The molecule has 1 aromatic heterocycles. The molecule has 0 unspecified atom stereocenters. The van der Waals surface area contributed by atoms with Gasteiger partial charge in [0, 0.05) is 6.54 Å². The molecule has 6 heteroatoms. The summed E-state index contributed by atoms with van der Waals surface area (Å²) >= 11 is 0. The van der Waals surface area contributed by atoms with Crippen molar-refractivity contribution in [1.82, 2.24) is 15.0 Å². The molecule has 0 aliphatic heterocycles. The van der Waals surface area contributed by atoms with Gasteiger partial charge in [-0.15, -0.1) is 0 Å². The van der Waals surface area contributed by atoms with E-state index >= 15 is 0 Å². The number of hydrogen-bond donors (Lipinski definition) is 3. The zero-order valence-electron chi connectivity index (χ0n) is 7.83. The van der Waals surface area contributed by atoms with E-state index in [-0.39, 0.29) is 0 Å². The standard InChI is InChI=1S/C7H14N6/c1-3-9-6-11-5(2)12-7(13-6)10-4-8/h3-4,8H2,1-2H3,(H2,9,10,11,12,13). The molecule has 0 radical (unpaired) electrons. The molecule has 0 atom stereocenters. The summed E-state index contributed by atoms with van der Waals surface area (Å²) in [7, 11) is 0. The Morgan fingerprint density at radius 3 is 2.31 bits per heavy atom. The Labute approximate surface area is 77.0 Å². The second kappa shape index (κ2) is 4.56. The third-order valence-electron chi connectivity index (χ3n) is 1.34. The Kier molecular flexibility index (Phi) is 3.39. The van der Waals surface area contributed by atoms with E-state index in [4.69, 9.17) is 5.73 Å². The zero-order chi connectivity index (χ0) is 9.68. The first-order chi connectivity index (χ1) is 6.26. The highest BCUT2D eigenvalue weighted by atomic mass is 15.2. The maximum atomic E-state index is 5.30. The largest absolute Gasteiger partial charge is 0.354 e. The van der Waals surface area contributed by atoms with Gasteiger partial charge in [0.15, 0.2) is 0 Å². The normalized spacial score (nSPS) is 9.77. The molecule has 0 aliphatic carbocycles. The predicted octanol–water partition coefficient (Wildman–Crippen LogP) is -0.0601. The third-order valence-corrected chi connectivity index (χ3v) is 1.34. The molecule has 4 N–H and O–H groups in total. The molecule has 0 aliphatic rings. The molecule has 0 bridgehead atoms. The van der Waals surface area contributed by atoms with Gasteiger partial charge in [0.05, 0.1) is 6.67 Å². The molecule has 6 nitrogen and oxygen atoms in total. The molecule has 1 heterocycles. The average Bonchev–Trinajstić information content (AvgIpc) is 2.04. The van der Waals surface area contributed by atoms with Crippen LogP contribution in [0.1, 0.15) is 12.7 Å². The van der Waals surface area contributed by atoms with Crippen molar-refractivity contribution in [3.05, 3.63) is 5.82 Å². The van der Waals surface area contributed by atoms with Gasteiger partial charge in [-0.3, -0.25) is 0 Å². The van der Waals surface area contributed by atoms with E-state index in [9.17, 15) is 0 Å². The van der Waals surface area contributed by atoms with Crippen molar-refractivity contribution in [3.63, 3.8) is 0 Å². The molecule has 0 fully saturated rings. The van der Waals surface area contributed by atoms with E-state index in [1.807, 2.05) is 13.8 Å². The van der Waals surface area contributed by atoms with E-state index in [2.05, 4.69) is 25.6 Å². The van der Waals surface area contributed by atoms with E-state index < -0.39 is 0 Å². The number of aryl methyl sites for hydroxylation is 1. The van der Waals surface area contributed by atoms with Gasteiger partial charge in [-0.1, -0.05) is 0 Å². The molecule has 0 saturated heterocycles. The van der Waals surface area contributed by atoms with Crippen LogP contribution in [0, 0.1) is 6.92 Å². The Hall–Kier alpha value is -1.43. The molecule has 72 valence electrons. The summed E-state index contributed by atoms with van der Waals surface area (Å²) < 4.78 is 0. The molecule has 1 rings (SSSR count). The number of nitrogens with zero attached hydrogens (tertiary/aromatic N) is 3. The van der Waals surface area contributed by atoms with Gasteiger partial charge in [-0.05, 0) is 13.8 Å². The Morgan fingerprint density at radius 2 is 1.77 bits per heavy atom. The summed E-state index contributed by atoms with van der Waals surface area (Å²) in [5.41, 5.74) is 5.30. The highest BCUT2D eigenvalue weighted by Gasteiger charge is 2.00. The van der Waals surface area contributed by atoms with Gasteiger partial charge in [0.25, 0.3) is 0 Å². The molecular weight excluding hydrogens is 168 g/mol. The second-order valence-corrected chi connectivity index (χ2v) is 2.44. The molecule has 0 amide bonds. The van der Waals surface area contributed by atoms with Crippen LogP contribution in [0.5, 0.6) is 0 Å². The van der Waals surface area contributed by atoms with Crippen molar-refractivity contribution in [2.24, 2.45) is 5.73 Å². The van der Waals surface area contributed by atoms with Crippen molar-refractivity contribution in [3.8, 4) is 0 Å². The van der Waals surface area contributed by atoms with Crippen molar-refractivity contribution in [2.75, 3.05) is 23.8 Å². The van der Waals surface area contributed by atoms with E-state index in [1.54, 1.807) is 0 Å². The van der Waals surface area contributed by atoms with Gasteiger partial charge < -0.3 is 16.4 Å². The molecular formula is C7H14N6. The van der Waals surface area contributed by atoms with Crippen LogP contribution in [0.15, 0.2) is 0 Å². The Bertz CT molecular complexity index is 249. The minimum absolute atomic E-state index is 0.315. The van der Waals surface area contributed by atoms with Gasteiger partial charge in [0.2, 0.25) is 11.9 Å². The lowest BCUT2D eigenvalue weighted by Gasteiger charge is -2.05. The minimum atomic E-state index is 0.315. The fourth-order valence-corrected chi connectivity index (χ4v) is 0.889. The summed E-state index contributed by atoms with van der Waals surface area (Å²) in [6.45, 7) is 4.89. The van der Waals surface area contributed by atoms with Crippen LogP contribution in [0.25, 0.3) is 0 Å². The molecule has 13 heavy (non-hydrogen) atoms. The van der Waals surface area contributed by atoms with Crippen LogP contribution >= 0.6 is 0 Å². The minimum Gasteiger partial charge on any atom is -0.354 e. The maximum absolute atomic E-state index is 5.30. The van der Waals surface area contributed by atoms with Gasteiger partial charge in [-0.2, -0.15) is 15.0 Å². The summed E-state index contributed by atoms with van der Waals surface area (Å²) in [4.78, 5) is 12.2. The van der Waals surface area contributed by atoms with Gasteiger partial charge >= 0.3 is 0 Å². The predicted molar refractivity (Wildman–Crippen MR) is 51.4 cm³/mol. The number of hydrogen-bond acceptors (Lipinski definition) is 6. The van der Waals surface area contributed by atoms with Gasteiger partial charge in [-0.25, -0.2) is 0 Å². The highest BCUT2D eigenvalue weighted by molar-refractivity contribution is 5.33. The van der Waals surface area contributed by atoms with Crippen molar-refractivity contribution in [1.29, 1.82) is 0 Å². The summed E-state index contributed by atoms with van der Waals surface area (Å²) in [6.07, 6.45) is 0. The number of anilines is 2. The van der Waals surface area contributed by atoms with Crippen molar-refractivity contribution < 1.29 is 0 Å². The second-order valence-electron chi connectivity index (χ2n) is 2.44. The first-order valence-electron chi connectivity index (χ1n) is 4.16. The average molecular weight is 182 g/mol. The smallest absolute Gasteiger partial charge is 0.228 e. The lowest BCUT2D eigenvalue weighted by Crippen LogP contribution is -2.15. The number of rotatable bonds is 4. The van der Waals surface area contributed by atoms with E-state index in [0.29, 0.717) is 24.4 Å². The van der Waals surface area contributed by atoms with E-state index in [0.717, 1.165) is 6.54 Å². The Balaban J connectivity index is 2.83. The highest BCUT2D eigenvalue weighted by Crippen LogP contribution is 2.03. The van der Waals surface area contributed by atoms with Crippen LogP contribution in [0.3, 0.4) is 0 Å². The van der Waals surface area contributed by atoms with Crippen molar-refractivity contribution in [2.45, 2.75) is 13.8 Å². The molecule has 1 aromatic rings. The zero-order valence-corrected chi connectivity index (χ0v) is 7.83. The number of aromatic nitrogens is 3. The first-order valence-corrected chi connectivity index (χ1v) is 4.16. The molecule has 0 saturated carbocycles. The quantitative estimate of drug-likeness (QED) is 0.565. The van der Waals surface area contributed by atoms with Crippen molar-refractivity contribution >= 4 is 11.9 Å². The maximum Gasteiger partial charge on any atom is 0.228 e. The topological polar surface area (TPSA) is 88.8 Å². The SMILES string of the molecule is CCNc1nc(C)nc(NCN)n1. The summed E-state index contributed by atoms with van der Waals surface area (Å²) in [5.74, 6) is 1.75. The Morgan fingerprint density at radius 1 is 1.15 bits per heavy atom. The van der Waals surface area contributed by atoms with Crippen LogP contribution in [0.4, 0.5) is 11.9 Å². The monoisotopic (exact) mass is 182 g/mol. The van der Waals surface area contributed by atoms with Crippen LogP contribution in [-0.2, 0) is 0 Å². The van der Waals surface area contributed by atoms with E-state index in [1.165, 1.54) is 0 Å². The fourth-order valence-electron chi connectivity index (χ4n) is 0.889. The number of nitrogens with one attached hydrogen (secondary N) is 2. The lowest BCUT2D eigenvalue weighted by atomic mass is 10.6. The molecule has 0 spiro atoms. The molecule has 0 aromatic carbocycles. The van der Waals surface area contributed by atoms with Crippen LogP contribution < -0.4 is 16.4 Å². The number of nitrogens with two attached hydrogens (primary N) is 1. The van der Waals surface area contributed by atoms with Crippen LogP contribution in [0.2, 0.25) is 0 Å². The van der Waals surface area contributed by atoms with Gasteiger partial charge in [0.1, 0.15) is 5.82 Å². The summed E-state index contributed by atoms with van der Waals surface area (Å²) in [5, 5.41) is 5.83. The third kappa shape index (κ3) is 2.83.